The van der Waals surface area contributed by atoms with Crippen LogP contribution in [0.4, 0.5) is 5.69 Å². The van der Waals surface area contributed by atoms with Crippen LogP contribution in [-0.4, -0.2) is 33.3 Å². The Bertz CT molecular complexity index is 2640. The van der Waals surface area contributed by atoms with E-state index in [1.54, 1.807) is 14.2 Å². The van der Waals surface area contributed by atoms with Crippen LogP contribution in [0.1, 0.15) is 0 Å². The molecular weight excluding hydrogens is 649 g/mol. The number of pyridine rings is 1. The van der Waals surface area contributed by atoms with E-state index in [9.17, 15) is 0 Å². The molecular formula is C49H38N2O2. The summed E-state index contributed by atoms with van der Waals surface area (Å²) >= 11 is 0. The summed E-state index contributed by atoms with van der Waals surface area (Å²) in [5.41, 5.74) is 10.1. The molecule has 0 saturated carbocycles. The van der Waals surface area contributed by atoms with Gasteiger partial charge in [0, 0.05) is 59.2 Å². The van der Waals surface area contributed by atoms with Crippen molar-refractivity contribution < 1.29 is 9.47 Å². The number of benzene rings is 8. The fraction of sp³-hybridized carbons (Fsp3) is 0.0816. The molecule has 9 rings (SSSR count). The van der Waals surface area contributed by atoms with Gasteiger partial charge in [-0.15, -0.1) is 0 Å². The molecule has 0 saturated heterocycles. The van der Waals surface area contributed by atoms with Gasteiger partial charge in [-0.05, 0) is 103 Å². The minimum absolute atomic E-state index is 0.841. The second kappa shape index (κ2) is 13.2. The van der Waals surface area contributed by atoms with Crippen molar-refractivity contribution in [1.29, 1.82) is 0 Å². The lowest BCUT2D eigenvalue weighted by Gasteiger charge is -2.24. The molecule has 0 spiro atoms. The zero-order chi connectivity index (χ0) is 36.1. The van der Waals surface area contributed by atoms with Crippen molar-refractivity contribution >= 4 is 48.8 Å². The van der Waals surface area contributed by atoms with E-state index in [2.05, 4.69) is 165 Å². The summed E-state index contributed by atoms with van der Waals surface area (Å²) in [7, 11) is 7.73. The van der Waals surface area contributed by atoms with E-state index >= 15 is 0 Å². The molecule has 0 amide bonds. The molecule has 4 heteroatoms. The first-order chi connectivity index (χ1) is 26.0. The zero-order valence-corrected chi connectivity index (χ0v) is 30.2. The first-order valence-electron chi connectivity index (χ1n) is 17.9. The van der Waals surface area contributed by atoms with Crippen molar-refractivity contribution in [2.24, 2.45) is 0 Å². The summed E-state index contributed by atoms with van der Waals surface area (Å²) in [6.45, 7) is 0. The maximum atomic E-state index is 5.97. The highest BCUT2D eigenvalue weighted by molar-refractivity contribution is 6.20. The van der Waals surface area contributed by atoms with E-state index in [0.717, 1.165) is 61.0 Å². The summed E-state index contributed by atoms with van der Waals surface area (Å²) in [5, 5.41) is 9.08. The predicted molar refractivity (Wildman–Crippen MR) is 223 cm³/mol. The topological polar surface area (TPSA) is 34.6 Å². The molecule has 0 unspecified atom stereocenters. The van der Waals surface area contributed by atoms with Crippen LogP contribution < -0.4 is 14.4 Å². The van der Waals surface area contributed by atoms with Crippen molar-refractivity contribution in [3.05, 3.63) is 158 Å². The van der Waals surface area contributed by atoms with Crippen LogP contribution in [0.15, 0.2) is 158 Å². The monoisotopic (exact) mass is 686 g/mol. The molecule has 8 aromatic carbocycles. The maximum absolute atomic E-state index is 5.97. The van der Waals surface area contributed by atoms with E-state index in [1.165, 1.54) is 43.8 Å². The standard InChI is InChI=1S/C49H38N2O2/c1-51(2)49-43(37-23-25-45(52-3)39-21-19-33-15-17-35(27-41(33)47(37)39)31-11-7-5-8-12-31)29-50-30-44(49)38-24-26-46(53-4)40-22-20-34-16-18-36(28-42(34)48(38)40)32-13-9-6-10-14-32/h5-30H,1-4H3. The zero-order valence-electron chi connectivity index (χ0n) is 30.2. The highest BCUT2D eigenvalue weighted by atomic mass is 16.5. The molecule has 0 atom stereocenters. The Kier molecular flexibility index (Phi) is 8.01. The lowest BCUT2D eigenvalue weighted by molar-refractivity contribution is 0.420. The first-order valence-corrected chi connectivity index (χ1v) is 17.9. The first kappa shape index (κ1) is 32.3. The van der Waals surface area contributed by atoms with Crippen LogP contribution in [0.3, 0.4) is 0 Å². The summed E-state index contributed by atoms with van der Waals surface area (Å²) in [4.78, 5) is 7.20. The van der Waals surface area contributed by atoms with E-state index in [0.29, 0.717) is 0 Å². The fourth-order valence-electron chi connectivity index (χ4n) is 8.05. The number of anilines is 1. The number of ether oxygens (including phenoxy) is 2. The SMILES string of the molecule is COc1ccc(-c2cncc(-c3ccc(OC)c4ccc5ccc(-c6ccccc6)cc5c34)c2N(C)C)c2c1ccc1ccc(-c3ccccc3)cc12. The van der Waals surface area contributed by atoms with Gasteiger partial charge in [0.15, 0.2) is 0 Å². The third kappa shape index (κ3) is 5.42. The Morgan fingerprint density at radius 3 is 1.26 bits per heavy atom. The number of methoxy groups -OCH3 is 2. The van der Waals surface area contributed by atoms with E-state index in [-0.39, 0.29) is 0 Å². The van der Waals surface area contributed by atoms with Crippen LogP contribution in [-0.2, 0) is 0 Å². The molecule has 4 nitrogen and oxygen atoms in total. The Labute approximate surface area is 309 Å². The van der Waals surface area contributed by atoms with Crippen LogP contribution in [0.25, 0.3) is 87.6 Å². The van der Waals surface area contributed by atoms with Crippen LogP contribution in [0.2, 0.25) is 0 Å². The fourth-order valence-corrected chi connectivity index (χ4v) is 8.05. The summed E-state index contributed by atoms with van der Waals surface area (Å²) in [5.74, 6) is 1.68. The quantitative estimate of drug-likeness (QED) is 0.156. The Morgan fingerprint density at radius 2 is 0.849 bits per heavy atom. The van der Waals surface area contributed by atoms with E-state index in [1.807, 2.05) is 12.4 Å². The third-order valence-electron chi connectivity index (χ3n) is 10.5. The molecule has 0 bridgehead atoms. The molecule has 1 aromatic heterocycles. The summed E-state index contributed by atoms with van der Waals surface area (Å²) in [6, 6.07) is 51.9. The van der Waals surface area contributed by atoms with Gasteiger partial charge in [0.25, 0.3) is 0 Å². The number of fused-ring (bicyclic) bond motifs is 6. The van der Waals surface area contributed by atoms with Crippen LogP contribution >= 0.6 is 0 Å². The summed E-state index contributed by atoms with van der Waals surface area (Å²) in [6.07, 6.45) is 4.02. The Morgan fingerprint density at radius 1 is 0.415 bits per heavy atom. The van der Waals surface area contributed by atoms with Gasteiger partial charge < -0.3 is 14.4 Å². The van der Waals surface area contributed by atoms with Gasteiger partial charge in [-0.2, -0.15) is 0 Å². The molecule has 53 heavy (non-hydrogen) atoms. The third-order valence-corrected chi connectivity index (χ3v) is 10.5. The van der Waals surface area contributed by atoms with Crippen molar-refractivity contribution in [3.8, 4) is 56.0 Å². The van der Waals surface area contributed by atoms with Crippen molar-refractivity contribution in [1.82, 2.24) is 4.98 Å². The Balaban J connectivity index is 1.35. The van der Waals surface area contributed by atoms with Gasteiger partial charge in [0.1, 0.15) is 11.5 Å². The van der Waals surface area contributed by atoms with Crippen molar-refractivity contribution in [2.45, 2.75) is 0 Å². The molecule has 9 aromatic rings. The lowest BCUT2D eigenvalue weighted by atomic mass is 9.88. The van der Waals surface area contributed by atoms with Gasteiger partial charge in [0.2, 0.25) is 0 Å². The molecule has 0 aliphatic carbocycles. The second-order valence-electron chi connectivity index (χ2n) is 13.7. The molecule has 0 radical (unpaired) electrons. The Hall–Kier alpha value is -6.65. The minimum Gasteiger partial charge on any atom is -0.496 e. The number of hydrogen-bond donors (Lipinski definition) is 0. The normalized spacial score (nSPS) is 11.4. The number of rotatable bonds is 7. The smallest absolute Gasteiger partial charge is 0.126 e. The van der Waals surface area contributed by atoms with Gasteiger partial charge in [-0.3, -0.25) is 4.98 Å². The van der Waals surface area contributed by atoms with E-state index < -0.39 is 0 Å². The molecule has 0 aliphatic heterocycles. The second-order valence-corrected chi connectivity index (χ2v) is 13.7. The van der Waals surface area contributed by atoms with Crippen LogP contribution in [0.5, 0.6) is 11.5 Å². The van der Waals surface area contributed by atoms with Gasteiger partial charge in [-0.25, -0.2) is 0 Å². The lowest BCUT2D eigenvalue weighted by Crippen LogP contribution is -2.12. The molecule has 0 aliphatic rings. The molecule has 256 valence electrons. The maximum Gasteiger partial charge on any atom is 0.126 e. The van der Waals surface area contributed by atoms with Crippen LogP contribution in [0, 0.1) is 0 Å². The number of nitrogens with zero attached hydrogens (tertiary/aromatic N) is 2. The van der Waals surface area contributed by atoms with Gasteiger partial charge in [0.05, 0.1) is 19.9 Å². The number of hydrogen-bond acceptors (Lipinski definition) is 4. The predicted octanol–water partition coefficient (Wildman–Crippen LogP) is 12.4. The molecule has 1 heterocycles. The molecule has 0 N–H and O–H groups in total. The van der Waals surface area contributed by atoms with E-state index in [4.69, 9.17) is 14.5 Å². The van der Waals surface area contributed by atoms with Gasteiger partial charge >= 0.3 is 0 Å². The average molecular weight is 687 g/mol. The number of aromatic nitrogens is 1. The highest BCUT2D eigenvalue weighted by Gasteiger charge is 2.22. The van der Waals surface area contributed by atoms with Crippen molar-refractivity contribution in [3.63, 3.8) is 0 Å². The van der Waals surface area contributed by atoms with Gasteiger partial charge in [-0.1, -0.05) is 97.1 Å². The summed E-state index contributed by atoms with van der Waals surface area (Å²) < 4.78 is 11.9. The average Bonchev–Trinajstić information content (AvgIpc) is 3.22. The minimum atomic E-state index is 0.841. The van der Waals surface area contributed by atoms with Crippen molar-refractivity contribution in [2.75, 3.05) is 33.2 Å². The molecule has 0 fully saturated rings. The highest BCUT2D eigenvalue weighted by Crippen LogP contribution is 2.48. The largest absolute Gasteiger partial charge is 0.496 e.